The normalized spacial score (nSPS) is 27.0. The molecule has 1 aromatic rings. The van der Waals surface area contributed by atoms with E-state index in [1.165, 1.54) is 0 Å². The molecule has 2 N–H and O–H groups in total. The lowest BCUT2D eigenvalue weighted by molar-refractivity contribution is -0.149. The van der Waals surface area contributed by atoms with E-state index in [1.54, 1.807) is 11.2 Å². The van der Waals surface area contributed by atoms with Crippen LogP contribution in [0.1, 0.15) is 25.0 Å². The van der Waals surface area contributed by atoms with Crippen LogP contribution in [0.15, 0.2) is 12.5 Å². The van der Waals surface area contributed by atoms with Gasteiger partial charge in [-0.3, -0.25) is 4.79 Å². The van der Waals surface area contributed by atoms with Crippen LogP contribution in [0.2, 0.25) is 0 Å². The Hall–Kier alpha value is -2.05. The predicted molar refractivity (Wildman–Crippen MR) is 79.3 cm³/mol. The fourth-order valence-corrected chi connectivity index (χ4v) is 3.80. The molecular formula is C15H22N4O3. The van der Waals surface area contributed by atoms with Crippen molar-refractivity contribution >= 4 is 12.0 Å². The van der Waals surface area contributed by atoms with E-state index in [2.05, 4.69) is 10.3 Å². The first-order valence-corrected chi connectivity index (χ1v) is 7.74. The lowest BCUT2D eigenvalue weighted by Crippen LogP contribution is -2.42. The predicted octanol–water partition coefficient (Wildman–Crippen LogP) is 0.859. The quantitative estimate of drug-likeness (QED) is 0.863. The minimum Gasteiger partial charge on any atom is -0.481 e. The molecule has 120 valence electrons. The molecule has 2 fully saturated rings. The van der Waals surface area contributed by atoms with Crippen LogP contribution in [0, 0.1) is 11.3 Å². The molecule has 0 spiro atoms. The first kappa shape index (κ1) is 14.9. The lowest BCUT2D eigenvalue weighted by atomic mass is 9.81. The summed E-state index contributed by atoms with van der Waals surface area (Å²) in [5.41, 5.74) is 0.223. The smallest absolute Gasteiger partial charge is 0.317 e. The summed E-state index contributed by atoms with van der Waals surface area (Å²) in [6.45, 7) is 1.40. The number of hydrogen-bond acceptors (Lipinski definition) is 3. The van der Waals surface area contributed by atoms with Gasteiger partial charge in [-0.25, -0.2) is 9.78 Å². The summed E-state index contributed by atoms with van der Waals surface area (Å²) in [5, 5.41) is 12.4. The number of amides is 2. The monoisotopic (exact) mass is 306 g/mol. The van der Waals surface area contributed by atoms with Gasteiger partial charge in [0.05, 0.1) is 17.4 Å². The number of nitrogens with one attached hydrogen (secondary N) is 1. The van der Waals surface area contributed by atoms with Crippen molar-refractivity contribution < 1.29 is 14.7 Å². The highest BCUT2D eigenvalue weighted by molar-refractivity contribution is 5.80. The zero-order chi connectivity index (χ0) is 15.7. The van der Waals surface area contributed by atoms with Crippen LogP contribution in [-0.2, 0) is 18.3 Å². The Kier molecular flexibility index (Phi) is 3.80. The highest BCUT2D eigenvalue weighted by Crippen LogP contribution is 2.48. The average Bonchev–Trinajstić information content (AvgIpc) is 3.12. The summed E-state index contributed by atoms with van der Waals surface area (Å²) in [4.78, 5) is 29.7. The molecule has 1 aliphatic heterocycles. The van der Waals surface area contributed by atoms with E-state index >= 15 is 0 Å². The van der Waals surface area contributed by atoms with Crippen molar-refractivity contribution in [3.63, 3.8) is 0 Å². The third kappa shape index (κ3) is 2.55. The number of imidazole rings is 1. The van der Waals surface area contributed by atoms with Gasteiger partial charge in [-0.05, 0) is 18.8 Å². The number of aryl methyl sites for hydroxylation is 1. The van der Waals surface area contributed by atoms with Crippen LogP contribution in [0.3, 0.4) is 0 Å². The number of urea groups is 1. The lowest BCUT2D eigenvalue weighted by Gasteiger charge is -2.23. The summed E-state index contributed by atoms with van der Waals surface area (Å²) >= 11 is 0. The molecule has 2 aliphatic rings. The molecule has 0 radical (unpaired) electrons. The molecule has 0 unspecified atom stereocenters. The first-order valence-electron chi connectivity index (χ1n) is 7.74. The van der Waals surface area contributed by atoms with Crippen LogP contribution >= 0.6 is 0 Å². The van der Waals surface area contributed by atoms with Gasteiger partial charge in [0.2, 0.25) is 0 Å². The Morgan fingerprint density at radius 2 is 2.36 bits per heavy atom. The molecule has 1 saturated carbocycles. The highest BCUT2D eigenvalue weighted by atomic mass is 16.4. The van der Waals surface area contributed by atoms with E-state index in [-0.39, 0.29) is 11.9 Å². The third-order valence-corrected chi connectivity index (χ3v) is 5.00. The zero-order valence-corrected chi connectivity index (χ0v) is 12.8. The molecule has 2 amide bonds. The molecule has 0 bridgehead atoms. The van der Waals surface area contributed by atoms with Gasteiger partial charge in [0, 0.05) is 39.3 Å². The second kappa shape index (κ2) is 5.62. The number of likely N-dealkylation sites (tertiary alicyclic amines) is 1. The van der Waals surface area contributed by atoms with Crippen molar-refractivity contribution in [3.8, 4) is 0 Å². The maximum absolute atomic E-state index is 12.2. The number of fused-ring (bicyclic) bond motifs is 1. The van der Waals surface area contributed by atoms with E-state index in [0.717, 1.165) is 18.5 Å². The number of carbonyl (C=O) groups is 2. The molecule has 2 atom stereocenters. The fraction of sp³-hybridized carbons (Fsp3) is 0.667. The minimum absolute atomic E-state index is 0.103. The van der Waals surface area contributed by atoms with E-state index in [9.17, 15) is 14.7 Å². The standard InChI is InChI=1S/C15H22N4O3/c1-18-8-12(17-10-18)4-6-16-14(22)19-7-11-3-2-5-15(11,9-19)13(20)21/h8,10-11H,2-7,9H2,1H3,(H,16,22)(H,20,21)/t11-,15+/m0/s1. The summed E-state index contributed by atoms with van der Waals surface area (Å²) < 4.78 is 1.87. The van der Waals surface area contributed by atoms with Crippen molar-refractivity contribution in [2.24, 2.45) is 18.4 Å². The molecule has 7 heteroatoms. The topological polar surface area (TPSA) is 87.5 Å². The van der Waals surface area contributed by atoms with Crippen molar-refractivity contribution in [1.82, 2.24) is 19.8 Å². The van der Waals surface area contributed by atoms with Crippen molar-refractivity contribution in [1.29, 1.82) is 0 Å². The largest absolute Gasteiger partial charge is 0.481 e. The molecule has 1 aliphatic carbocycles. The highest BCUT2D eigenvalue weighted by Gasteiger charge is 2.55. The number of carboxylic acid groups (broad SMARTS) is 1. The number of hydrogen-bond donors (Lipinski definition) is 2. The summed E-state index contributed by atoms with van der Waals surface area (Å²) in [5.74, 6) is -0.648. The molecular weight excluding hydrogens is 284 g/mol. The van der Waals surface area contributed by atoms with E-state index in [4.69, 9.17) is 0 Å². The number of aliphatic carboxylic acids is 1. The number of carboxylic acids is 1. The van der Waals surface area contributed by atoms with Crippen LogP contribution in [-0.4, -0.2) is 51.2 Å². The SMILES string of the molecule is Cn1cnc(CCNC(=O)N2C[C@@H]3CCC[C@@]3(C(=O)O)C2)c1. The van der Waals surface area contributed by atoms with Crippen molar-refractivity contribution in [2.45, 2.75) is 25.7 Å². The minimum atomic E-state index is -0.751. The first-order chi connectivity index (χ1) is 10.5. The van der Waals surface area contributed by atoms with Crippen LogP contribution in [0.25, 0.3) is 0 Å². The van der Waals surface area contributed by atoms with Gasteiger partial charge < -0.3 is 19.9 Å². The summed E-state index contributed by atoms with van der Waals surface area (Å²) in [6, 6.07) is -0.161. The van der Waals surface area contributed by atoms with Crippen LogP contribution in [0.4, 0.5) is 4.79 Å². The Morgan fingerprint density at radius 3 is 3.00 bits per heavy atom. The van der Waals surface area contributed by atoms with Crippen molar-refractivity contribution in [2.75, 3.05) is 19.6 Å². The molecule has 22 heavy (non-hydrogen) atoms. The molecule has 2 heterocycles. The Balaban J connectivity index is 1.52. The van der Waals surface area contributed by atoms with Gasteiger partial charge in [0.15, 0.2) is 0 Å². The number of carbonyl (C=O) groups excluding carboxylic acids is 1. The summed E-state index contributed by atoms with van der Waals surface area (Å²) in [6.07, 6.45) is 6.87. The Morgan fingerprint density at radius 1 is 1.55 bits per heavy atom. The summed E-state index contributed by atoms with van der Waals surface area (Å²) in [7, 11) is 1.91. The van der Waals surface area contributed by atoms with Crippen LogP contribution < -0.4 is 5.32 Å². The average molecular weight is 306 g/mol. The van der Waals surface area contributed by atoms with Gasteiger partial charge in [-0.15, -0.1) is 0 Å². The van der Waals surface area contributed by atoms with Gasteiger partial charge >= 0.3 is 12.0 Å². The molecule has 1 aromatic heterocycles. The van der Waals surface area contributed by atoms with E-state index in [0.29, 0.717) is 32.5 Å². The molecule has 7 nitrogen and oxygen atoms in total. The number of rotatable bonds is 4. The Bertz CT molecular complexity index is 585. The van der Waals surface area contributed by atoms with Gasteiger partial charge in [-0.2, -0.15) is 0 Å². The molecule has 0 aromatic carbocycles. The maximum Gasteiger partial charge on any atom is 0.317 e. The van der Waals surface area contributed by atoms with Gasteiger partial charge in [0.25, 0.3) is 0 Å². The van der Waals surface area contributed by atoms with Crippen LogP contribution in [0.5, 0.6) is 0 Å². The van der Waals surface area contributed by atoms with Crippen molar-refractivity contribution in [3.05, 3.63) is 18.2 Å². The van der Waals surface area contributed by atoms with E-state index in [1.807, 2.05) is 17.8 Å². The van der Waals surface area contributed by atoms with Gasteiger partial charge in [0.1, 0.15) is 0 Å². The molecule has 3 rings (SSSR count). The van der Waals surface area contributed by atoms with Gasteiger partial charge in [-0.1, -0.05) is 6.42 Å². The molecule has 1 saturated heterocycles. The Labute approximate surface area is 129 Å². The zero-order valence-electron chi connectivity index (χ0n) is 12.8. The number of nitrogens with zero attached hydrogens (tertiary/aromatic N) is 3. The van der Waals surface area contributed by atoms with E-state index < -0.39 is 11.4 Å². The third-order valence-electron chi connectivity index (χ3n) is 5.00. The number of aromatic nitrogens is 2. The second-order valence-corrected chi connectivity index (χ2v) is 6.44. The second-order valence-electron chi connectivity index (χ2n) is 6.44. The maximum atomic E-state index is 12.2. The fourth-order valence-electron chi connectivity index (χ4n) is 3.80.